The summed E-state index contributed by atoms with van der Waals surface area (Å²) in [6, 6.07) is -4.86. The van der Waals surface area contributed by atoms with Crippen LogP contribution in [0.3, 0.4) is 0 Å². The molecule has 2 aliphatic heterocycles. The number of nitrogens with two attached hydrogens (primary N) is 3. The second kappa shape index (κ2) is 41.0. The predicted molar refractivity (Wildman–Crippen MR) is 364 cm³/mol. The van der Waals surface area contributed by atoms with Crippen molar-refractivity contribution in [3.63, 3.8) is 0 Å². The number of aromatic hydroxyl groups is 1. The maximum Gasteiger partial charge on any atom is 0.326 e. The van der Waals surface area contributed by atoms with Gasteiger partial charge in [0.05, 0.1) is 19.4 Å². The summed E-state index contributed by atoms with van der Waals surface area (Å²) in [6.07, 6.45) is -3.26. The van der Waals surface area contributed by atoms with Crippen LogP contribution in [0.4, 0.5) is 0 Å². The second-order valence-electron chi connectivity index (χ2n) is 25.9. The third kappa shape index (κ3) is 27.8. The summed E-state index contributed by atoms with van der Waals surface area (Å²) < 4.78 is 0. The summed E-state index contributed by atoms with van der Waals surface area (Å²) in [5, 5.41) is 73.7. The molecule has 0 aliphatic carbocycles. The maximum atomic E-state index is 14.8. The van der Waals surface area contributed by atoms with Crippen LogP contribution in [-0.2, 0) is 89.6 Å². The van der Waals surface area contributed by atoms with E-state index in [0.717, 1.165) is 16.7 Å². The summed E-state index contributed by atoms with van der Waals surface area (Å²) in [7, 11) is 0. The molecule has 37 heteroatoms. The second-order valence-corrected chi connectivity index (χ2v) is 25.9. The van der Waals surface area contributed by atoms with Crippen LogP contribution in [0.15, 0.2) is 59.6 Å². The Kier molecular flexibility index (Phi) is 33.6. The molecule has 21 N–H and O–H groups in total. The number of hydrogen-bond acceptors (Lipinski definition) is 19. The number of amides is 13. The molecule has 103 heavy (non-hydrogen) atoms. The summed E-state index contributed by atoms with van der Waals surface area (Å²) in [4.78, 5) is 221. The molecule has 2 heterocycles. The first-order valence-corrected chi connectivity index (χ1v) is 33.5. The Morgan fingerprint density at radius 1 is 0.515 bits per heavy atom. The number of primary amides is 1. The van der Waals surface area contributed by atoms with Gasteiger partial charge in [-0.05, 0) is 93.4 Å². The van der Waals surface area contributed by atoms with Crippen molar-refractivity contribution >= 4 is 101 Å². The third-order valence-electron chi connectivity index (χ3n) is 16.7. The van der Waals surface area contributed by atoms with Gasteiger partial charge in [-0.1, -0.05) is 70.2 Å². The Labute approximate surface area is 593 Å². The van der Waals surface area contributed by atoms with Crippen LogP contribution in [0.5, 0.6) is 5.75 Å². The molecule has 0 spiro atoms. The van der Waals surface area contributed by atoms with Gasteiger partial charge in [0.1, 0.15) is 78.3 Å². The van der Waals surface area contributed by atoms with E-state index >= 15 is 0 Å². The lowest BCUT2D eigenvalue weighted by atomic mass is 9.99. The quantitative estimate of drug-likeness (QED) is 0.0169. The number of carboxylic acid groups (broad SMARTS) is 3. The Balaban J connectivity index is 1.54. The molecule has 2 aromatic carbocycles. The average Bonchev–Trinajstić information content (AvgIpc) is 1.74. The van der Waals surface area contributed by atoms with Gasteiger partial charge in [0.2, 0.25) is 76.8 Å². The number of rotatable bonds is 41. The number of benzene rings is 2. The Morgan fingerprint density at radius 3 is 1.48 bits per heavy atom. The number of likely N-dealkylation sites (tertiary alicyclic amines) is 2. The number of hydrogen-bond donors (Lipinski definition) is 18. The van der Waals surface area contributed by atoms with E-state index in [1.165, 1.54) is 31.2 Å². The predicted octanol–water partition coefficient (Wildman–Crippen LogP) is -4.91. The Morgan fingerprint density at radius 2 is 0.971 bits per heavy atom. The Bertz CT molecular complexity index is 3410. The van der Waals surface area contributed by atoms with Gasteiger partial charge in [0.25, 0.3) is 0 Å². The normalized spacial score (nSPS) is 16.9. The van der Waals surface area contributed by atoms with Gasteiger partial charge in [-0.3, -0.25) is 76.9 Å². The molecule has 0 saturated carbocycles. The molecular formula is C66H96N16O21. The molecule has 2 aromatic rings. The minimum absolute atomic E-state index is 0.00213. The van der Waals surface area contributed by atoms with Crippen LogP contribution >= 0.6 is 0 Å². The smallest absolute Gasteiger partial charge is 0.326 e. The minimum atomic E-state index is -2.08. The van der Waals surface area contributed by atoms with E-state index in [1.54, 1.807) is 58.0 Å². The zero-order valence-electron chi connectivity index (χ0n) is 58.1. The fraction of sp³-hybridized carbons (Fsp3) is 0.561. The fourth-order valence-electron chi connectivity index (χ4n) is 11.4. The van der Waals surface area contributed by atoms with Crippen molar-refractivity contribution in [3.8, 4) is 5.75 Å². The highest BCUT2D eigenvalue weighted by Crippen LogP contribution is 2.24. The van der Waals surface area contributed by atoms with Crippen molar-refractivity contribution in [2.75, 3.05) is 26.2 Å². The number of carbonyl (C=O) groups excluding carboxylic acids is 13. The lowest BCUT2D eigenvalue weighted by Gasteiger charge is -2.32. The molecule has 0 unspecified atom stereocenters. The van der Waals surface area contributed by atoms with Crippen LogP contribution < -0.4 is 70.4 Å². The molecule has 2 saturated heterocycles. The topological polar surface area (TPSA) is 591 Å². The van der Waals surface area contributed by atoms with Gasteiger partial charge in [-0.2, -0.15) is 0 Å². The molecule has 2 fully saturated rings. The number of phenolic OH excluding ortho intramolecular Hbond substituents is 1. The molecule has 0 bridgehead atoms. The van der Waals surface area contributed by atoms with Gasteiger partial charge in [-0.15, -0.1) is 0 Å². The summed E-state index contributed by atoms with van der Waals surface area (Å²) in [6.45, 7) is 7.88. The molecule has 0 radical (unpaired) electrons. The van der Waals surface area contributed by atoms with E-state index in [1.807, 2.05) is 0 Å². The van der Waals surface area contributed by atoms with Crippen molar-refractivity contribution in [2.45, 2.75) is 198 Å². The molecule has 37 nitrogen and oxygen atoms in total. The van der Waals surface area contributed by atoms with E-state index in [4.69, 9.17) is 17.2 Å². The van der Waals surface area contributed by atoms with Crippen molar-refractivity contribution in [2.24, 2.45) is 34.0 Å². The number of aliphatic carboxylic acids is 3. The van der Waals surface area contributed by atoms with Crippen molar-refractivity contribution < 1.29 is 102 Å². The zero-order chi connectivity index (χ0) is 76.9. The van der Waals surface area contributed by atoms with Gasteiger partial charge in [0.15, 0.2) is 5.96 Å². The average molecular weight is 1450 g/mol. The van der Waals surface area contributed by atoms with Gasteiger partial charge in [-0.25, -0.2) is 4.79 Å². The zero-order valence-corrected chi connectivity index (χ0v) is 58.1. The van der Waals surface area contributed by atoms with E-state index in [0.29, 0.717) is 11.1 Å². The first kappa shape index (κ1) is 84.4. The molecular weight excluding hydrogens is 1350 g/mol. The minimum Gasteiger partial charge on any atom is -0.508 e. The number of aliphatic hydroxyl groups excluding tert-OH is 1. The van der Waals surface area contributed by atoms with Gasteiger partial charge < -0.3 is 106 Å². The van der Waals surface area contributed by atoms with Crippen LogP contribution in [-0.4, -0.2) is 235 Å². The largest absolute Gasteiger partial charge is 0.508 e. The van der Waals surface area contributed by atoms with Crippen molar-refractivity contribution in [3.05, 3.63) is 65.7 Å². The van der Waals surface area contributed by atoms with E-state index in [9.17, 15) is 102 Å². The van der Waals surface area contributed by atoms with Crippen LogP contribution in [0, 0.1) is 11.8 Å². The van der Waals surface area contributed by atoms with Crippen LogP contribution in [0.1, 0.15) is 123 Å². The van der Waals surface area contributed by atoms with E-state index in [-0.39, 0.29) is 101 Å². The molecule has 0 aromatic heterocycles. The molecule has 12 atom stereocenters. The monoisotopic (exact) mass is 1450 g/mol. The number of nitrogens with one attached hydrogen (secondary N) is 10. The summed E-state index contributed by atoms with van der Waals surface area (Å²) >= 11 is 0. The van der Waals surface area contributed by atoms with Gasteiger partial charge in [0, 0.05) is 45.8 Å². The summed E-state index contributed by atoms with van der Waals surface area (Å²) in [5.74, 6) is -18.5. The number of aliphatic imine (C=N–C) groups is 1. The molecule has 4 rings (SSSR count). The SMILES string of the molecule is CC(=O)N[C@@H](CO)C(=O)N[C@@H](CCC(N)=O)C(=O)N[C@@H](C)C(=O)N[C@H](C(=O)N[C@@H](CC(C)C)C(=O)N1CCC[C@H]1C(=O)N[C@@H](CC(=O)O)C(=O)N[C@@H](CC(=O)O)C(=O)N[C@@H](Cc1ccccc1)C(=O)N1CCC[C@H]1C(=O)N[C@@H](CCCN=C(N)N)C(=O)N[C@@H](Cc1ccc(O)cc1)C(=O)O)C(C)C. The molecule has 2 aliphatic rings. The van der Waals surface area contributed by atoms with Crippen LogP contribution in [0.2, 0.25) is 0 Å². The fourth-order valence-corrected chi connectivity index (χ4v) is 11.4. The van der Waals surface area contributed by atoms with Gasteiger partial charge >= 0.3 is 17.9 Å². The van der Waals surface area contributed by atoms with Crippen molar-refractivity contribution in [1.82, 2.24) is 63.0 Å². The number of aliphatic hydroxyl groups is 1. The number of phenols is 1. The van der Waals surface area contributed by atoms with Crippen molar-refractivity contribution in [1.29, 1.82) is 0 Å². The highest BCUT2D eigenvalue weighted by molar-refractivity contribution is 6.01. The molecule has 566 valence electrons. The van der Waals surface area contributed by atoms with E-state index in [2.05, 4.69) is 58.2 Å². The third-order valence-corrected chi connectivity index (χ3v) is 16.7. The summed E-state index contributed by atoms with van der Waals surface area (Å²) in [5.41, 5.74) is 17.1. The lowest BCUT2D eigenvalue weighted by Crippen LogP contribution is -2.61. The first-order chi connectivity index (χ1) is 48.5. The lowest BCUT2D eigenvalue weighted by molar-refractivity contribution is -0.145. The molecule has 13 amide bonds. The van der Waals surface area contributed by atoms with Crippen LogP contribution in [0.25, 0.3) is 0 Å². The van der Waals surface area contributed by atoms with E-state index < -0.39 is 199 Å². The maximum absolute atomic E-state index is 14.8. The Hall–Kier alpha value is -11.0. The first-order valence-electron chi connectivity index (χ1n) is 33.5. The highest BCUT2D eigenvalue weighted by Gasteiger charge is 2.44. The number of carbonyl (C=O) groups is 16. The number of carboxylic acids is 3. The number of guanidine groups is 1. The standard InChI is InChI=1S/C66H96N16O21/c1-33(2)27-44(78-62(99)53(34(3)4)80-54(91)35(5)71-55(92)41(22-23-50(67)86)73-59(96)47(32-83)72-36(6)84)63(100)81-25-12-17-49(81)61(98)76-43(31-52(89)90)57(94)75-42(30-51(87)88)58(95)77-45(28-37-13-8-7-9-14-37)64(101)82-26-11-16-48(82)60(97)74-40(15-10-24-70-66(68)69)56(93)79-46(65(102)103)29-38-18-20-39(85)21-19-38/h7-9,13-14,18-21,33-35,40-49,53,83,85H,10-12,15-17,22-32H2,1-6H3,(H2,67,86)(H,71,92)(H,72,84)(H,73,96)(H,74,97)(H,75,94)(H,76,98)(H,77,95)(H,78,99)(H,79,93)(H,80,91)(H,87,88)(H,89,90)(H,102,103)(H4,68,69,70)/t35-,40-,41-,42-,43-,44-,45-,46-,47-,48-,49-,53-/m0/s1. The highest BCUT2D eigenvalue weighted by atomic mass is 16.4. The number of nitrogens with zero attached hydrogens (tertiary/aromatic N) is 3.